The van der Waals surface area contributed by atoms with Gasteiger partial charge in [0.05, 0.1) is 18.7 Å². The molecule has 4 N–H and O–H groups in total. The van der Waals surface area contributed by atoms with Crippen molar-refractivity contribution in [3.05, 3.63) is 61.1 Å². The van der Waals surface area contributed by atoms with Gasteiger partial charge in [-0.3, -0.25) is 0 Å². The lowest BCUT2D eigenvalue weighted by Gasteiger charge is -2.17. The number of ether oxygens (including phenoxy) is 4. The van der Waals surface area contributed by atoms with Crippen molar-refractivity contribution < 1.29 is 53.8 Å². The Bertz CT molecular complexity index is 1570. The standard InChI is InChI=1S/C18H14Cl2O7.C10H12O4/c1-5-9-16(11(20)13(22)10(5)19)26-14-6(2)8(17(23)25-4)12(21)7(3)15(14)27-18(9)24;1-3-14-10(13)9-6(2)4-7(11)5-8(9)12/h21-22H,1-4H3;4-5,11-12H,3H2,1-2H3. The fourth-order valence-electron chi connectivity index (χ4n) is 4.10. The molecule has 0 aliphatic carbocycles. The number of aromatic hydroxyl groups is 4. The molecule has 3 aromatic rings. The molecule has 0 radical (unpaired) electrons. The Labute approximate surface area is 244 Å². The Hall–Kier alpha value is -4.35. The van der Waals surface area contributed by atoms with E-state index in [1.54, 1.807) is 13.8 Å². The maximum absolute atomic E-state index is 12.7. The highest BCUT2D eigenvalue weighted by molar-refractivity contribution is 6.39. The van der Waals surface area contributed by atoms with Crippen LogP contribution in [0, 0.1) is 27.7 Å². The number of benzene rings is 3. The average molecular weight is 609 g/mol. The molecular formula is C28H26Cl2O11. The van der Waals surface area contributed by atoms with E-state index in [9.17, 15) is 29.7 Å². The lowest BCUT2D eigenvalue weighted by molar-refractivity contribution is 0.0520. The van der Waals surface area contributed by atoms with E-state index >= 15 is 0 Å². The zero-order valence-electron chi connectivity index (χ0n) is 22.8. The fraction of sp³-hybridized carbons (Fsp3) is 0.250. The molecule has 4 rings (SSSR count). The van der Waals surface area contributed by atoms with Crippen molar-refractivity contribution in [2.45, 2.75) is 34.6 Å². The molecular weight excluding hydrogens is 583 g/mol. The molecule has 0 atom stereocenters. The number of phenols is 4. The smallest absolute Gasteiger partial charge is 0.347 e. The van der Waals surface area contributed by atoms with Crippen molar-refractivity contribution in [2.24, 2.45) is 0 Å². The monoisotopic (exact) mass is 608 g/mol. The van der Waals surface area contributed by atoms with Gasteiger partial charge in [0.15, 0.2) is 23.0 Å². The molecule has 0 unspecified atom stereocenters. The van der Waals surface area contributed by atoms with E-state index in [-0.39, 0.29) is 78.8 Å². The number of phenolic OH excluding ortho intramolecular Hbond substituents is 4. The van der Waals surface area contributed by atoms with E-state index in [0.717, 1.165) is 6.07 Å². The predicted molar refractivity (Wildman–Crippen MR) is 147 cm³/mol. The first-order valence-corrected chi connectivity index (χ1v) is 12.7. The summed E-state index contributed by atoms with van der Waals surface area (Å²) in [4.78, 5) is 36.1. The predicted octanol–water partition coefficient (Wildman–Crippen LogP) is 6.02. The first-order valence-electron chi connectivity index (χ1n) is 11.9. The molecule has 218 valence electrons. The van der Waals surface area contributed by atoms with Crippen LogP contribution in [0.2, 0.25) is 10.0 Å². The second-order valence-corrected chi connectivity index (χ2v) is 9.55. The number of carbonyl (C=O) groups is 3. The molecule has 11 nitrogen and oxygen atoms in total. The third kappa shape index (κ3) is 5.63. The van der Waals surface area contributed by atoms with Gasteiger partial charge < -0.3 is 39.4 Å². The fourth-order valence-corrected chi connectivity index (χ4v) is 4.57. The summed E-state index contributed by atoms with van der Waals surface area (Å²) < 4.78 is 20.7. The Morgan fingerprint density at radius 2 is 1.41 bits per heavy atom. The SMILES string of the molecule is CCOC(=O)c1c(C)cc(O)cc1O.COC(=O)c1c(C)c2c(c(C)c1O)OC(=O)c1c(C)c(Cl)c(O)c(Cl)c1O2. The summed E-state index contributed by atoms with van der Waals surface area (Å²) in [7, 11) is 1.17. The van der Waals surface area contributed by atoms with E-state index in [0.29, 0.717) is 5.56 Å². The van der Waals surface area contributed by atoms with Gasteiger partial charge in [0, 0.05) is 17.2 Å². The summed E-state index contributed by atoms with van der Waals surface area (Å²) in [5.74, 6) is -3.66. The van der Waals surface area contributed by atoms with E-state index in [1.807, 2.05) is 0 Å². The minimum absolute atomic E-state index is 0.0131. The number of hydrogen-bond acceptors (Lipinski definition) is 11. The largest absolute Gasteiger partial charge is 0.508 e. The average Bonchev–Trinajstić information content (AvgIpc) is 3.06. The molecule has 1 aliphatic rings. The molecule has 3 aromatic carbocycles. The first-order chi connectivity index (χ1) is 19.2. The molecule has 1 aliphatic heterocycles. The van der Waals surface area contributed by atoms with Gasteiger partial charge in [-0.1, -0.05) is 23.2 Å². The highest BCUT2D eigenvalue weighted by Crippen LogP contribution is 2.52. The van der Waals surface area contributed by atoms with Crippen molar-refractivity contribution >= 4 is 41.1 Å². The van der Waals surface area contributed by atoms with Crippen molar-refractivity contribution in [2.75, 3.05) is 13.7 Å². The lowest BCUT2D eigenvalue weighted by atomic mass is 10.0. The topological polar surface area (TPSA) is 169 Å². The quantitative estimate of drug-likeness (QED) is 0.202. The van der Waals surface area contributed by atoms with Crippen LogP contribution in [0.5, 0.6) is 40.2 Å². The summed E-state index contributed by atoms with van der Waals surface area (Å²) in [5, 5.41) is 38.6. The van der Waals surface area contributed by atoms with Gasteiger partial charge in [0.25, 0.3) is 0 Å². The Morgan fingerprint density at radius 1 is 0.805 bits per heavy atom. The highest BCUT2D eigenvalue weighted by Gasteiger charge is 2.35. The Balaban J connectivity index is 0.000000278. The molecule has 0 aromatic heterocycles. The maximum Gasteiger partial charge on any atom is 0.347 e. The summed E-state index contributed by atoms with van der Waals surface area (Å²) in [6.45, 7) is 7.98. The van der Waals surface area contributed by atoms with Crippen molar-refractivity contribution in [3.8, 4) is 40.2 Å². The molecule has 0 bridgehead atoms. The van der Waals surface area contributed by atoms with Gasteiger partial charge >= 0.3 is 17.9 Å². The highest BCUT2D eigenvalue weighted by atomic mass is 35.5. The van der Waals surface area contributed by atoms with E-state index in [1.165, 1.54) is 33.9 Å². The van der Waals surface area contributed by atoms with Gasteiger partial charge in [0.2, 0.25) is 0 Å². The van der Waals surface area contributed by atoms with Crippen LogP contribution in [0.25, 0.3) is 0 Å². The summed E-state index contributed by atoms with van der Waals surface area (Å²) in [6.07, 6.45) is 0. The van der Waals surface area contributed by atoms with Crippen LogP contribution in [0.1, 0.15) is 60.3 Å². The van der Waals surface area contributed by atoms with Crippen LogP contribution in [-0.2, 0) is 9.47 Å². The van der Waals surface area contributed by atoms with Crippen LogP contribution in [0.4, 0.5) is 0 Å². The minimum atomic E-state index is -0.835. The number of aryl methyl sites for hydroxylation is 1. The molecule has 0 fully saturated rings. The minimum Gasteiger partial charge on any atom is -0.508 e. The third-order valence-corrected chi connectivity index (χ3v) is 6.99. The van der Waals surface area contributed by atoms with Crippen molar-refractivity contribution in [3.63, 3.8) is 0 Å². The summed E-state index contributed by atoms with van der Waals surface area (Å²) in [6, 6.07) is 2.51. The van der Waals surface area contributed by atoms with Gasteiger partial charge in [-0.05, 0) is 51.8 Å². The molecule has 1 heterocycles. The molecule has 41 heavy (non-hydrogen) atoms. The molecule has 0 saturated carbocycles. The molecule has 0 saturated heterocycles. The van der Waals surface area contributed by atoms with Gasteiger partial charge in [0.1, 0.15) is 39.0 Å². The van der Waals surface area contributed by atoms with Crippen molar-refractivity contribution in [1.82, 2.24) is 0 Å². The summed E-state index contributed by atoms with van der Waals surface area (Å²) >= 11 is 12.2. The molecule has 0 amide bonds. The first kappa shape index (κ1) is 31.2. The summed E-state index contributed by atoms with van der Waals surface area (Å²) in [5.41, 5.74) is 0.853. The Morgan fingerprint density at radius 3 is 1.98 bits per heavy atom. The van der Waals surface area contributed by atoms with Crippen LogP contribution >= 0.6 is 23.2 Å². The molecule has 13 heteroatoms. The number of rotatable bonds is 3. The zero-order valence-corrected chi connectivity index (χ0v) is 24.3. The maximum atomic E-state index is 12.7. The van der Waals surface area contributed by atoms with Crippen LogP contribution < -0.4 is 9.47 Å². The van der Waals surface area contributed by atoms with E-state index in [4.69, 9.17) is 47.3 Å². The van der Waals surface area contributed by atoms with Crippen molar-refractivity contribution in [1.29, 1.82) is 0 Å². The molecule has 0 spiro atoms. The number of halogens is 2. The zero-order chi connectivity index (χ0) is 30.9. The second kappa shape index (κ2) is 12.0. The number of esters is 3. The second-order valence-electron chi connectivity index (χ2n) is 8.80. The number of hydrogen-bond donors (Lipinski definition) is 4. The van der Waals surface area contributed by atoms with Gasteiger partial charge in [-0.15, -0.1) is 0 Å². The lowest BCUT2D eigenvalue weighted by Crippen LogP contribution is -2.11. The van der Waals surface area contributed by atoms with E-state index in [2.05, 4.69) is 0 Å². The number of carbonyl (C=O) groups excluding carboxylic acids is 3. The van der Waals surface area contributed by atoms with Gasteiger partial charge in [-0.2, -0.15) is 0 Å². The normalized spacial score (nSPS) is 11.6. The van der Waals surface area contributed by atoms with Crippen LogP contribution in [0.3, 0.4) is 0 Å². The van der Waals surface area contributed by atoms with Gasteiger partial charge in [-0.25, -0.2) is 14.4 Å². The number of fused-ring (bicyclic) bond motifs is 2. The van der Waals surface area contributed by atoms with Crippen LogP contribution in [0.15, 0.2) is 12.1 Å². The van der Waals surface area contributed by atoms with Crippen LogP contribution in [-0.4, -0.2) is 52.1 Å². The third-order valence-electron chi connectivity index (χ3n) is 6.17. The van der Waals surface area contributed by atoms with E-state index < -0.39 is 29.4 Å². The number of methoxy groups -OCH3 is 1. The Kier molecular flexibility index (Phi) is 9.15.